The Balaban J connectivity index is 2.29. The van der Waals surface area contributed by atoms with Gasteiger partial charge in [0, 0.05) is 14.2 Å². The first-order chi connectivity index (χ1) is 13.4. The minimum absolute atomic E-state index is 1.05. The summed E-state index contributed by atoms with van der Waals surface area (Å²) in [6.07, 6.45) is -16.0. The van der Waals surface area contributed by atoms with Crippen LogP contribution in [0.5, 0.6) is 0 Å². The molecule has 2 aliphatic heterocycles. The van der Waals surface area contributed by atoms with Crippen molar-refractivity contribution in [3.8, 4) is 0 Å². The molecule has 14 nitrogen and oxygen atoms in total. The van der Waals surface area contributed by atoms with Gasteiger partial charge >= 0.3 is 16.4 Å². The maximum Gasteiger partial charge on any atom is 0.397 e. The molecule has 2 rings (SSSR count). The van der Waals surface area contributed by atoms with Gasteiger partial charge in [0.1, 0.15) is 36.6 Å². The van der Waals surface area contributed by atoms with Crippen LogP contribution < -0.4 is 0 Å². The first-order valence-corrected chi connectivity index (χ1v) is 9.72. The topological polar surface area (TPSA) is 208 Å². The van der Waals surface area contributed by atoms with Gasteiger partial charge in [-0.25, -0.2) is 8.98 Å². The van der Waals surface area contributed by atoms with E-state index in [0.717, 1.165) is 7.11 Å². The predicted molar refractivity (Wildman–Crippen MR) is 87.8 cm³/mol. The summed E-state index contributed by atoms with van der Waals surface area (Å²) in [5.74, 6) is -1.52. The van der Waals surface area contributed by atoms with Crippen LogP contribution in [-0.4, -0.2) is 115 Å². The number of hydrogen-bond acceptors (Lipinski definition) is 12. The molecule has 0 bridgehead atoms. The largest absolute Gasteiger partial charge is 0.479 e. The molecule has 10 unspecified atom stereocenters. The van der Waals surface area contributed by atoms with Crippen LogP contribution in [0.1, 0.15) is 6.92 Å². The Kier molecular flexibility index (Phi) is 7.91. The molecular formula is C14H24O14S. The fourth-order valence-corrected chi connectivity index (χ4v) is 3.69. The summed E-state index contributed by atoms with van der Waals surface area (Å²) < 4.78 is 61.5. The van der Waals surface area contributed by atoms with Crippen molar-refractivity contribution in [2.24, 2.45) is 0 Å². The number of ether oxygens (including phenoxy) is 5. The van der Waals surface area contributed by atoms with E-state index in [4.69, 9.17) is 28.2 Å². The zero-order valence-corrected chi connectivity index (χ0v) is 16.4. The van der Waals surface area contributed by atoms with Crippen LogP contribution in [0, 0.1) is 0 Å². The number of methoxy groups -OCH3 is 2. The maximum atomic E-state index is 11.4. The van der Waals surface area contributed by atoms with E-state index in [1.54, 1.807) is 0 Å². The normalized spacial score (nSPS) is 43.8. The lowest BCUT2D eigenvalue weighted by atomic mass is 9.97. The molecule has 0 aromatic heterocycles. The average Bonchev–Trinajstić information content (AvgIpc) is 2.62. The van der Waals surface area contributed by atoms with Crippen LogP contribution in [-0.2, 0) is 43.1 Å². The molecule has 0 radical (unpaired) electrons. The van der Waals surface area contributed by atoms with Crippen molar-refractivity contribution in [2.75, 3.05) is 14.2 Å². The van der Waals surface area contributed by atoms with Crippen LogP contribution in [0.25, 0.3) is 0 Å². The highest BCUT2D eigenvalue weighted by Crippen LogP contribution is 2.31. The molecule has 0 aromatic carbocycles. The van der Waals surface area contributed by atoms with Crippen LogP contribution in [0.15, 0.2) is 0 Å². The van der Waals surface area contributed by atoms with Crippen molar-refractivity contribution >= 4 is 16.4 Å². The number of hydrogen-bond donors (Lipinski definition) is 5. The van der Waals surface area contributed by atoms with E-state index >= 15 is 0 Å². The van der Waals surface area contributed by atoms with Gasteiger partial charge in [0.15, 0.2) is 18.7 Å². The zero-order valence-electron chi connectivity index (χ0n) is 15.6. The Morgan fingerprint density at radius 2 is 1.52 bits per heavy atom. The van der Waals surface area contributed by atoms with Crippen molar-refractivity contribution in [1.82, 2.24) is 0 Å². The van der Waals surface area contributed by atoms with E-state index in [-0.39, 0.29) is 0 Å². The Labute approximate surface area is 165 Å². The van der Waals surface area contributed by atoms with Gasteiger partial charge in [0.05, 0.1) is 6.10 Å². The lowest BCUT2D eigenvalue weighted by Gasteiger charge is -2.46. The van der Waals surface area contributed by atoms with Crippen LogP contribution >= 0.6 is 0 Å². The van der Waals surface area contributed by atoms with E-state index in [9.17, 15) is 33.6 Å². The van der Waals surface area contributed by atoms with E-state index in [1.165, 1.54) is 14.0 Å². The highest BCUT2D eigenvalue weighted by atomic mass is 32.3. The summed E-state index contributed by atoms with van der Waals surface area (Å²) in [5, 5.41) is 39.9. The van der Waals surface area contributed by atoms with Gasteiger partial charge in [-0.1, -0.05) is 0 Å². The number of aliphatic carboxylic acids is 1. The van der Waals surface area contributed by atoms with Crippen molar-refractivity contribution in [2.45, 2.75) is 68.3 Å². The van der Waals surface area contributed by atoms with Gasteiger partial charge in [-0.2, -0.15) is 8.42 Å². The molecule has 0 aromatic rings. The van der Waals surface area contributed by atoms with E-state index in [1.807, 2.05) is 0 Å². The summed E-state index contributed by atoms with van der Waals surface area (Å²) in [4.78, 5) is 11.4. The number of aliphatic hydroxyl groups is 3. The standard InChI is InChI=1S/C14H24O14S/c1-4-8(10(28-29(20,21)22)7(17)13(24-3)25-4)26-14-6(16)5(15)9(23-2)11(27-14)12(18)19/h4-11,13-17H,1-3H3,(H,18,19)(H,20,21,22). The van der Waals surface area contributed by atoms with Gasteiger partial charge in [0.25, 0.3) is 0 Å². The molecule has 0 spiro atoms. The van der Waals surface area contributed by atoms with Crippen molar-refractivity contribution in [3.05, 3.63) is 0 Å². The van der Waals surface area contributed by atoms with Gasteiger partial charge in [-0.3, -0.25) is 4.55 Å². The maximum absolute atomic E-state index is 11.4. The summed E-state index contributed by atoms with van der Waals surface area (Å²) in [6.45, 7) is 1.38. The zero-order chi connectivity index (χ0) is 22.1. The first kappa shape index (κ1) is 24.3. The Morgan fingerprint density at radius 1 is 0.897 bits per heavy atom. The van der Waals surface area contributed by atoms with Crippen LogP contribution in [0.3, 0.4) is 0 Å². The fourth-order valence-electron chi connectivity index (χ4n) is 3.19. The quantitative estimate of drug-likeness (QED) is 0.244. The minimum atomic E-state index is -5.06. The van der Waals surface area contributed by atoms with Crippen LogP contribution in [0.4, 0.5) is 0 Å². The minimum Gasteiger partial charge on any atom is -0.479 e. The van der Waals surface area contributed by atoms with E-state index < -0.39 is 77.8 Å². The fraction of sp³-hybridized carbons (Fsp3) is 0.929. The Bertz CT molecular complexity index is 669. The molecule has 2 saturated heterocycles. The first-order valence-electron chi connectivity index (χ1n) is 8.36. The Hall–Kier alpha value is -0.980. The molecular weight excluding hydrogens is 424 g/mol. The monoisotopic (exact) mass is 448 g/mol. The number of rotatable bonds is 7. The van der Waals surface area contributed by atoms with E-state index in [2.05, 4.69) is 4.18 Å². The van der Waals surface area contributed by atoms with Gasteiger partial charge in [0.2, 0.25) is 0 Å². The molecule has 2 fully saturated rings. The van der Waals surface area contributed by atoms with Crippen molar-refractivity contribution in [3.63, 3.8) is 0 Å². The molecule has 29 heavy (non-hydrogen) atoms. The molecule has 170 valence electrons. The van der Waals surface area contributed by atoms with Crippen LogP contribution in [0.2, 0.25) is 0 Å². The third kappa shape index (κ3) is 5.39. The molecule has 0 amide bonds. The molecule has 2 aliphatic rings. The second-order valence-corrected chi connectivity index (χ2v) is 7.52. The highest BCUT2D eigenvalue weighted by Gasteiger charge is 2.53. The number of carboxylic acids is 1. The summed E-state index contributed by atoms with van der Waals surface area (Å²) in [7, 11) is -2.79. The van der Waals surface area contributed by atoms with E-state index in [0.29, 0.717) is 0 Å². The second-order valence-electron chi connectivity index (χ2n) is 6.47. The lowest BCUT2D eigenvalue weighted by molar-refractivity contribution is -0.348. The smallest absolute Gasteiger partial charge is 0.397 e. The number of aliphatic hydroxyl groups excluding tert-OH is 3. The number of carbonyl (C=O) groups is 1. The van der Waals surface area contributed by atoms with Crippen molar-refractivity contribution < 1.29 is 66.1 Å². The third-order valence-corrected chi connectivity index (χ3v) is 5.03. The molecule has 0 saturated carbocycles. The summed E-state index contributed by atoms with van der Waals surface area (Å²) >= 11 is 0. The highest BCUT2D eigenvalue weighted by molar-refractivity contribution is 7.80. The molecule has 5 N–H and O–H groups in total. The summed E-state index contributed by atoms with van der Waals surface area (Å²) in [6, 6.07) is 0. The van der Waals surface area contributed by atoms with Gasteiger partial charge in [-0.05, 0) is 6.92 Å². The SMILES string of the molecule is COC1OC(C)C(OC2OC(C(=O)O)C(OC)C(O)C2O)C(OS(=O)(=O)O)C1O. The molecule has 15 heteroatoms. The lowest BCUT2D eigenvalue weighted by Crippen LogP contribution is -2.65. The summed E-state index contributed by atoms with van der Waals surface area (Å²) in [5.41, 5.74) is 0. The molecule has 2 heterocycles. The van der Waals surface area contributed by atoms with Crippen molar-refractivity contribution in [1.29, 1.82) is 0 Å². The number of carboxylic acid groups (broad SMARTS) is 1. The van der Waals surface area contributed by atoms with Gasteiger partial charge in [-0.15, -0.1) is 0 Å². The average molecular weight is 448 g/mol. The van der Waals surface area contributed by atoms with Gasteiger partial charge < -0.3 is 44.1 Å². The predicted octanol–water partition coefficient (Wildman–Crippen LogP) is -3.14. The second kappa shape index (κ2) is 9.44. The Morgan fingerprint density at radius 3 is 2.00 bits per heavy atom. The third-order valence-electron chi connectivity index (χ3n) is 4.57. The molecule has 0 aliphatic carbocycles. The molecule has 10 atom stereocenters.